The molecule has 0 saturated heterocycles. The van der Waals surface area contributed by atoms with E-state index in [0.29, 0.717) is 6.42 Å². The minimum Gasteiger partial charge on any atom is -0.457 e. The smallest absolute Gasteiger partial charge is 0.167 e. The average Bonchev–Trinajstić information content (AvgIpc) is 2.84. The summed E-state index contributed by atoms with van der Waals surface area (Å²) in [6.45, 7) is 18.5. The number of benzene rings is 3. The molecule has 0 bridgehead atoms. The van der Waals surface area contributed by atoms with Crippen molar-refractivity contribution in [1.82, 2.24) is 0 Å². The molecule has 0 aliphatic rings. The lowest BCUT2D eigenvalue weighted by Gasteiger charge is -2.07. The van der Waals surface area contributed by atoms with E-state index in [9.17, 15) is 4.79 Å². The largest absolute Gasteiger partial charge is 0.457 e. The quantitative estimate of drug-likeness (QED) is 0.372. The maximum absolute atomic E-state index is 12.2. The van der Waals surface area contributed by atoms with E-state index in [4.69, 9.17) is 4.74 Å². The summed E-state index contributed by atoms with van der Waals surface area (Å²) in [5.41, 5.74) is 1.68. The van der Waals surface area contributed by atoms with Crippen LogP contribution in [-0.2, 0) is 6.42 Å². The summed E-state index contributed by atoms with van der Waals surface area (Å²) in [6.07, 6.45) is 0.371. The molecule has 0 aliphatic heterocycles. The topological polar surface area (TPSA) is 26.3 Å². The Hall–Kier alpha value is -2.87. The molecule has 0 unspecified atom stereocenters. The maximum atomic E-state index is 12.2. The lowest BCUT2D eigenvalue weighted by atomic mass is 10.0. The predicted octanol–water partition coefficient (Wildman–Crippen LogP) is 9.65. The van der Waals surface area contributed by atoms with Crippen LogP contribution >= 0.6 is 0 Å². The fraction of sp³-hybridized carbons (Fsp3) is 0.367. The van der Waals surface area contributed by atoms with E-state index >= 15 is 0 Å². The third-order valence-electron chi connectivity index (χ3n) is 3.34. The van der Waals surface area contributed by atoms with Crippen LogP contribution in [0.2, 0.25) is 0 Å². The second-order valence-corrected chi connectivity index (χ2v) is 6.76. The Morgan fingerprint density at radius 1 is 0.656 bits per heavy atom. The van der Waals surface area contributed by atoms with Gasteiger partial charge >= 0.3 is 0 Å². The Kier molecular flexibility index (Phi) is 20.9. The first-order chi connectivity index (χ1) is 15.5. The molecule has 32 heavy (non-hydrogen) atoms. The first-order valence-electron chi connectivity index (χ1n) is 11.9. The van der Waals surface area contributed by atoms with Gasteiger partial charge in [0, 0.05) is 12.0 Å². The van der Waals surface area contributed by atoms with E-state index in [1.165, 1.54) is 0 Å². The molecule has 0 N–H and O–H groups in total. The number of carbonyl (C=O) groups is 1. The zero-order valence-electron chi connectivity index (χ0n) is 21.7. The lowest BCUT2D eigenvalue weighted by Crippen LogP contribution is -2.03. The summed E-state index contributed by atoms with van der Waals surface area (Å²) in [7, 11) is 0. The van der Waals surface area contributed by atoms with Gasteiger partial charge in [0.1, 0.15) is 11.5 Å². The molecule has 0 aliphatic carbocycles. The minimum atomic E-state index is 0.109. The van der Waals surface area contributed by atoms with E-state index in [-0.39, 0.29) is 5.78 Å². The van der Waals surface area contributed by atoms with E-state index in [2.05, 4.69) is 20.8 Å². The van der Waals surface area contributed by atoms with Crippen LogP contribution in [0.5, 0.6) is 11.5 Å². The van der Waals surface area contributed by atoms with Gasteiger partial charge in [-0.25, -0.2) is 0 Å². The van der Waals surface area contributed by atoms with Gasteiger partial charge in [-0.2, -0.15) is 0 Å². The highest BCUT2D eigenvalue weighted by Crippen LogP contribution is 2.22. The van der Waals surface area contributed by atoms with Crippen LogP contribution in [0.15, 0.2) is 84.9 Å². The van der Waals surface area contributed by atoms with Gasteiger partial charge in [0.15, 0.2) is 5.78 Å². The third kappa shape index (κ3) is 15.0. The van der Waals surface area contributed by atoms with Gasteiger partial charge in [-0.1, -0.05) is 123 Å². The zero-order chi connectivity index (χ0) is 24.8. The van der Waals surface area contributed by atoms with Crippen LogP contribution < -0.4 is 4.74 Å². The third-order valence-corrected chi connectivity index (χ3v) is 3.34. The van der Waals surface area contributed by atoms with E-state index in [1.54, 1.807) is 0 Å². The number of hydrogen-bond acceptors (Lipinski definition) is 2. The van der Waals surface area contributed by atoms with E-state index in [1.807, 2.05) is 126 Å². The van der Waals surface area contributed by atoms with Crippen molar-refractivity contribution in [2.45, 2.75) is 68.7 Å². The van der Waals surface area contributed by atoms with Crippen molar-refractivity contribution in [2.75, 3.05) is 0 Å². The highest BCUT2D eigenvalue weighted by molar-refractivity contribution is 5.97. The number of rotatable bonds is 5. The molecule has 176 valence electrons. The van der Waals surface area contributed by atoms with Crippen LogP contribution in [0.25, 0.3) is 0 Å². The molecule has 0 fully saturated rings. The van der Waals surface area contributed by atoms with Gasteiger partial charge in [-0.3, -0.25) is 4.79 Å². The van der Waals surface area contributed by atoms with E-state index in [0.717, 1.165) is 28.5 Å². The van der Waals surface area contributed by atoms with Crippen molar-refractivity contribution in [1.29, 1.82) is 0 Å². The number of hydrogen-bond donors (Lipinski definition) is 0. The van der Waals surface area contributed by atoms with Crippen molar-refractivity contribution in [2.24, 2.45) is 5.92 Å². The molecule has 3 rings (SSSR count). The van der Waals surface area contributed by atoms with Crippen LogP contribution in [0.4, 0.5) is 0 Å². The summed E-state index contributed by atoms with van der Waals surface area (Å²) < 4.78 is 5.79. The van der Waals surface area contributed by atoms with Crippen molar-refractivity contribution in [3.8, 4) is 11.5 Å². The van der Waals surface area contributed by atoms with Gasteiger partial charge in [0.05, 0.1) is 0 Å². The van der Waals surface area contributed by atoms with Gasteiger partial charge < -0.3 is 4.74 Å². The molecule has 0 spiro atoms. The Labute approximate surface area is 197 Å². The van der Waals surface area contributed by atoms with Crippen molar-refractivity contribution < 1.29 is 9.53 Å². The molecule has 0 saturated carbocycles. The van der Waals surface area contributed by atoms with Crippen LogP contribution in [0, 0.1) is 5.92 Å². The summed E-state index contributed by atoms with van der Waals surface area (Å²) in [5, 5.41) is 0. The Bertz CT molecular complexity index is 791. The normalized spacial score (nSPS) is 8.69. The number of para-hydroxylation sites is 1. The van der Waals surface area contributed by atoms with Crippen molar-refractivity contribution >= 4 is 5.78 Å². The number of ketones is 1. The average molecular weight is 437 g/mol. The minimum absolute atomic E-state index is 0.109. The standard InChI is InChI=1S/C20H16O2.C4H10.3C2H6/c21-20(17-9-3-1-4-10-17)15-16-8-7-13-19(14-16)22-18-11-5-2-6-12-18;1-4(2)3;3*1-2/h1-14H,15H2;4H,1-3H3;3*1-2H3. The molecular weight excluding hydrogens is 392 g/mol. The van der Waals surface area contributed by atoms with Crippen LogP contribution in [-0.4, -0.2) is 5.78 Å². The summed E-state index contributed by atoms with van der Waals surface area (Å²) >= 11 is 0. The molecule has 2 heteroatoms. The second-order valence-electron chi connectivity index (χ2n) is 6.76. The molecule has 0 aromatic heterocycles. The van der Waals surface area contributed by atoms with Crippen LogP contribution in [0.3, 0.4) is 0 Å². The molecule has 2 nitrogen and oxygen atoms in total. The fourth-order valence-electron chi connectivity index (χ4n) is 2.26. The summed E-state index contributed by atoms with van der Waals surface area (Å²) in [4.78, 5) is 12.2. The number of Topliss-reactive ketones (excluding diaryl/α,β-unsaturated/α-hetero) is 1. The number of carbonyl (C=O) groups excluding carboxylic acids is 1. The first kappa shape index (κ1) is 31.3. The summed E-state index contributed by atoms with van der Waals surface area (Å²) in [5.74, 6) is 2.47. The molecule has 0 heterocycles. The number of ether oxygens (including phenoxy) is 1. The molecule has 0 amide bonds. The van der Waals surface area contributed by atoms with Crippen LogP contribution in [0.1, 0.15) is 78.2 Å². The fourth-order valence-corrected chi connectivity index (χ4v) is 2.26. The Morgan fingerprint density at radius 2 is 1.09 bits per heavy atom. The Balaban J connectivity index is 0. The molecule has 3 aromatic rings. The molecule has 0 radical (unpaired) electrons. The Morgan fingerprint density at radius 3 is 1.59 bits per heavy atom. The van der Waals surface area contributed by atoms with Crippen molar-refractivity contribution in [3.05, 3.63) is 96.1 Å². The van der Waals surface area contributed by atoms with Crippen molar-refractivity contribution in [3.63, 3.8) is 0 Å². The zero-order valence-corrected chi connectivity index (χ0v) is 21.7. The monoisotopic (exact) mass is 436 g/mol. The second kappa shape index (κ2) is 21.4. The SMILES string of the molecule is CC.CC.CC.CC(C)C.O=C(Cc1cccc(Oc2ccccc2)c1)c1ccccc1. The van der Waals surface area contributed by atoms with Gasteiger partial charge in [-0.15, -0.1) is 0 Å². The molecule has 3 aromatic carbocycles. The van der Waals surface area contributed by atoms with E-state index < -0.39 is 0 Å². The highest BCUT2D eigenvalue weighted by Gasteiger charge is 2.07. The summed E-state index contributed by atoms with van der Waals surface area (Å²) in [6, 6.07) is 26.6. The van der Waals surface area contributed by atoms with Gasteiger partial charge in [0.2, 0.25) is 0 Å². The highest BCUT2D eigenvalue weighted by atomic mass is 16.5. The lowest BCUT2D eigenvalue weighted by molar-refractivity contribution is 0.0993. The predicted molar refractivity (Wildman–Crippen MR) is 142 cm³/mol. The molecule has 0 atom stereocenters. The van der Waals surface area contributed by atoms with Gasteiger partial charge in [0.25, 0.3) is 0 Å². The van der Waals surface area contributed by atoms with Gasteiger partial charge in [-0.05, 0) is 35.7 Å². The molecular formula is C30H44O2. The first-order valence-corrected chi connectivity index (χ1v) is 11.9. The maximum Gasteiger partial charge on any atom is 0.167 e.